The first-order chi connectivity index (χ1) is 19.1. The van der Waals surface area contributed by atoms with Crippen molar-refractivity contribution in [1.82, 2.24) is 19.5 Å². The number of aromatic nitrogens is 3. The minimum atomic E-state index is -4.28. The molecule has 0 unspecified atom stereocenters. The second kappa shape index (κ2) is 12.8. The van der Waals surface area contributed by atoms with E-state index in [1.165, 1.54) is 14.0 Å². The number of nitrogens with zero attached hydrogens (tertiary/aromatic N) is 3. The van der Waals surface area contributed by atoms with E-state index in [1.807, 2.05) is 0 Å². The van der Waals surface area contributed by atoms with Gasteiger partial charge in [0.15, 0.2) is 18.2 Å². The summed E-state index contributed by atoms with van der Waals surface area (Å²) in [6.07, 6.45) is -2.56. The molecule has 0 atom stereocenters. The first-order valence-corrected chi connectivity index (χ1v) is 13.8. The number of aliphatic imine (C=N–C) groups is 1. The third kappa shape index (κ3) is 7.58. The van der Waals surface area contributed by atoms with Crippen LogP contribution in [0.5, 0.6) is 5.75 Å². The molecule has 1 saturated carbocycles. The minimum Gasteiger partial charge on any atom is -0.471 e. The highest BCUT2D eigenvalue weighted by molar-refractivity contribution is 7.93. The Morgan fingerprint density at radius 2 is 1.98 bits per heavy atom. The van der Waals surface area contributed by atoms with E-state index in [0.29, 0.717) is 4.68 Å². The molecule has 41 heavy (non-hydrogen) atoms. The SMILES string of the molecule is C=N/C(=C\C(=C(/C)OCOC)S(=O)(=O)N[C@]1(C)C[C@@H](O)C1)Oc1c(Cl)cc(-n2nc(C(F)F)c(=O)[nH]c2=O)cc1Cl. The molecule has 0 spiro atoms. The average molecular weight is 640 g/mol. The zero-order valence-electron chi connectivity index (χ0n) is 21.8. The first-order valence-electron chi connectivity index (χ1n) is 11.5. The Morgan fingerprint density at radius 1 is 1.37 bits per heavy atom. The Labute approximate surface area is 242 Å². The molecule has 0 aliphatic heterocycles. The molecule has 2 aromatic rings. The van der Waals surface area contributed by atoms with E-state index in [1.54, 1.807) is 11.9 Å². The number of benzene rings is 1. The van der Waals surface area contributed by atoms with Gasteiger partial charge in [-0.15, -0.1) is 0 Å². The summed E-state index contributed by atoms with van der Waals surface area (Å²) in [6.45, 7) is 6.08. The summed E-state index contributed by atoms with van der Waals surface area (Å²) in [5.41, 5.74) is -4.81. The van der Waals surface area contributed by atoms with Crippen molar-refractivity contribution in [3.8, 4) is 11.4 Å². The Morgan fingerprint density at radius 3 is 2.49 bits per heavy atom. The van der Waals surface area contributed by atoms with Crippen molar-refractivity contribution in [2.24, 2.45) is 4.99 Å². The summed E-state index contributed by atoms with van der Waals surface area (Å²) in [5.74, 6) is -0.768. The molecule has 224 valence electrons. The number of nitrogens with one attached hydrogen (secondary N) is 2. The molecule has 0 bridgehead atoms. The predicted molar refractivity (Wildman–Crippen MR) is 145 cm³/mol. The highest BCUT2D eigenvalue weighted by atomic mass is 35.5. The van der Waals surface area contributed by atoms with Crippen LogP contribution < -0.4 is 20.7 Å². The molecule has 1 aromatic carbocycles. The molecule has 0 radical (unpaired) electrons. The van der Waals surface area contributed by atoms with Gasteiger partial charge in [0, 0.05) is 18.7 Å². The van der Waals surface area contributed by atoms with Crippen molar-refractivity contribution >= 4 is 39.9 Å². The number of ether oxygens (including phenoxy) is 3. The summed E-state index contributed by atoms with van der Waals surface area (Å²) in [7, 11) is -2.94. The third-order valence-electron chi connectivity index (χ3n) is 5.69. The van der Waals surface area contributed by atoms with Crippen LogP contribution >= 0.6 is 23.2 Å². The number of aromatic amines is 1. The second-order valence-electron chi connectivity index (χ2n) is 9.04. The van der Waals surface area contributed by atoms with Gasteiger partial charge in [0.25, 0.3) is 12.0 Å². The van der Waals surface area contributed by atoms with E-state index in [4.69, 9.17) is 37.4 Å². The third-order valence-corrected chi connectivity index (χ3v) is 7.99. The maximum absolute atomic E-state index is 13.3. The fourth-order valence-electron chi connectivity index (χ4n) is 3.85. The van der Waals surface area contributed by atoms with Gasteiger partial charge in [0.2, 0.25) is 15.9 Å². The van der Waals surface area contributed by atoms with Crippen LogP contribution in [-0.4, -0.2) is 60.6 Å². The molecule has 1 aliphatic carbocycles. The van der Waals surface area contributed by atoms with E-state index < -0.39 is 55.8 Å². The average Bonchev–Trinajstić information content (AvgIpc) is 2.84. The number of hydrogen-bond donors (Lipinski definition) is 3. The van der Waals surface area contributed by atoms with E-state index in [2.05, 4.69) is 21.5 Å². The van der Waals surface area contributed by atoms with Crippen molar-refractivity contribution in [3.63, 3.8) is 0 Å². The smallest absolute Gasteiger partial charge is 0.349 e. The lowest BCUT2D eigenvalue weighted by Crippen LogP contribution is -2.57. The standard InChI is InChI=1S/C23H25Cl2F2N5O8S/c1-11(39-10-38-4)16(41(36,37)31-23(2)8-13(33)9-23)7-17(28-3)40-19-14(24)5-12(6-15(19)25)32-22(35)29-21(34)18(30-32)20(26)27/h5-7,13,20,31,33H,3,8-10H2,1-2,4H3,(H,29,34,35)/b16-11-,17-7+/t13-,23-. The number of rotatable bonds is 12. The van der Waals surface area contributed by atoms with Gasteiger partial charge < -0.3 is 19.3 Å². The van der Waals surface area contributed by atoms with Crippen molar-refractivity contribution in [3.05, 3.63) is 71.3 Å². The van der Waals surface area contributed by atoms with Crippen LogP contribution in [0.3, 0.4) is 0 Å². The van der Waals surface area contributed by atoms with Crippen LogP contribution in [0, 0.1) is 0 Å². The van der Waals surface area contributed by atoms with Crippen molar-refractivity contribution in [2.75, 3.05) is 13.9 Å². The maximum atomic E-state index is 13.3. The predicted octanol–water partition coefficient (Wildman–Crippen LogP) is 2.77. The monoisotopic (exact) mass is 639 g/mol. The fourth-order valence-corrected chi connectivity index (χ4v) is 6.02. The lowest BCUT2D eigenvalue weighted by Gasteiger charge is -2.42. The molecule has 0 saturated heterocycles. The van der Waals surface area contributed by atoms with Crippen molar-refractivity contribution in [2.45, 2.75) is 44.8 Å². The van der Waals surface area contributed by atoms with Crippen LogP contribution in [0.25, 0.3) is 5.69 Å². The molecule has 1 fully saturated rings. The molecule has 1 aliphatic rings. The first kappa shape index (κ1) is 32.4. The van der Waals surface area contributed by atoms with Gasteiger partial charge in [-0.2, -0.15) is 9.78 Å². The lowest BCUT2D eigenvalue weighted by molar-refractivity contribution is 0.00581. The van der Waals surface area contributed by atoms with E-state index >= 15 is 0 Å². The van der Waals surface area contributed by atoms with Crippen LogP contribution in [0.1, 0.15) is 38.8 Å². The number of allylic oxidation sites excluding steroid dienone is 2. The zero-order chi connectivity index (χ0) is 30.7. The molecular weight excluding hydrogens is 615 g/mol. The normalized spacial score (nSPS) is 19.9. The molecule has 0 amide bonds. The van der Waals surface area contributed by atoms with Gasteiger partial charge >= 0.3 is 5.69 Å². The number of H-pyrrole nitrogens is 1. The van der Waals surface area contributed by atoms with E-state index in [0.717, 1.165) is 18.2 Å². The summed E-state index contributed by atoms with van der Waals surface area (Å²) in [6, 6.07) is 2.16. The minimum absolute atomic E-state index is 0.0986. The van der Waals surface area contributed by atoms with Crippen LogP contribution in [0.15, 0.2) is 49.3 Å². The number of halogens is 4. The Bertz CT molecular complexity index is 1600. The van der Waals surface area contributed by atoms with Gasteiger partial charge in [0.1, 0.15) is 10.7 Å². The Balaban J connectivity index is 2.03. The summed E-state index contributed by atoms with van der Waals surface area (Å²) in [4.78, 5) is 28.8. The van der Waals surface area contributed by atoms with Crippen LogP contribution in [0.2, 0.25) is 10.0 Å². The number of hydrogen-bond acceptors (Lipinski definition) is 10. The summed E-state index contributed by atoms with van der Waals surface area (Å²) >= 11 is 12.6. The highest BCUT2D eigenvalue weighted by Gasteiger charge is 2.43. The topological polar surface area (TPSA) is 174 Å². The number of methoxy groups -OCH3 is 1. The number of sulfonamides is 1. The Kier molecular flexibility index (Phi) is 10.1. The van der Waals surface area contributed by atoms with Gasteiger partial charge in [-0.1, -0.05) is 23.2 Å². The van der Waals surface area contributed by atoms with Gasteiger partial charge in [-0.05, 0) is 45.5 Å². The fraction of sp³-hybridized carbons (Fsp3) is 0.391. The quantitative estimate of drug-likeness (QED) is 0.136. The largest absolute Gasteiger partial charge is 0.471 e. The number of aliphatic hydroxyl groups is 1. The Hall–Kier alpha value is -3.15. The maximum Gasteiger partial charge on any atom is 0.349 e. The molecule has 3 N–H and O–H groups in total. The van der Waals surface area contributed by atoms with Gasteiger partial charge in [-0.25, -0.2) is 31.7 Å². The summed E-state index contributed by atoms with van der Waals surface area (Å²) < 4.78 is 71.7. The van der Waals surface area contributed by atoms with E-state index in [9.17, 15) is 31.9 Å². The second-order valence-corrected chi connectivity index (χ2v) is 11.5. The molecule has 1 heterocycles. The molecule has 3 rings (SSSR count). The molecule has 13 nitrogen and oxygen atoms in total. The molecular formula is C23H25Cl2F2N5O8S. The number of aliphatic hydroxyl groups excluding tert-OH is 1. The van der Waals surface area contributed by atoms with Gasteiger partial charge in [-0.3, -0.25) is 9.78 Å². The lowest BCUT2D eigenvalue weighted by atomic mass is 9.77. The molecule has 18 heteroatoms. The zero-order valence-corrected chi connectivity index (χ0v) is 24.1. The van der Waals surface area contributed by atoms with Crippen LogP contribution in [0.4, 0.5) is 8.78 Å². The van der Waals surface area contributed by atoms with Gasteiger partial charge in [0.05, 0.1) is 21.8 Å². The van der Waals surface area contributed by atoms with E-state index in [-0.39, 0.29) is 46.9 Å². The number of alkyl halides is 2. The molecule has 1 aromatic heterocycles. The van der Waals surface area contributed by atoms with Crippen LogP contribution in [-0.2, 0) is 19.5 Å². The van der Waals surface area contributed by atoms with Crippen molar-refractivity contribution in [1.29, 1.82) is 0 Å². The highest BCUT2D eigenvalue weighted by Crippen LogP contribution is 2.37. The summed E-state index contributed by atoms with van der Waals surface area (Å²) in [5, 5.41) is 12.5. The van der Waals surface area contributed by atoms with Crippen molar-refractivity contribution < 1.29 is 36.5 Å².